The molecule has 0 atom stereocenters. The number of aryl methyl sites for hydroxylation is 1. The molecule has 0 saturated heterocycles. The van der Waals surface area contributed by atoms with Gasteiger partial charge in [0, 0.05) is 24.7 Å². The molecule has 2 aromatic carbocycles. The number of ether oxygens (including phenoxy) is 2. The minimum absolute atomic E-state index is 0.160. The Hall–Kier alpha value is -3.93. The zero-order valence-corrected chi connectivity index (χ0v) is 19.7. The molecule has 0 aliphatic carbocycles. The molecule has 0 bridgehead atoms. The summed E-state index contributed by atoms with van der Waals surface area (Å²) in [7, 11) is 3.04. The second-order valence-corrected chi connectivity index (χ2v) is 8.02. The quantitative estimate of drug-likeness (QED) is 0.359. The van der Waals surface area contributed by atoms with Crippen molar-refractivity contribution in [1.29, 1.82) is 0 Å². The van der Waals surface area contributed by atoms with Crippen LogP contribution in [-0.2, 0) is 11.3 Å². The zero-order valence-electron chi connectivity index (χ0n) is 18.9. The molecule has 0 radical (unpaired) electrons. The summed E-state index contributed by atoms with van der Waals surface area (Å²) in [6, 6.07) is 10.6. The highest BCUT2D eigenvalue weighted by Gasteiger charge is 2.12. The van der Waals surface area contributed by atoms with Crippen molar-refractivity contribution in [3.05, 3.63) is 53.1 Å². The van der Waals surface area contributed by atoms with Crippen molar-refractivity contribution in [2.24, 2.45) is 0 Å². The topological polar surface area (TPSA) is 126 Å². The molecule has 12 heteroatoms. The standard InChI is InChI=1S/C22H23N7O4S/c1-32-18-11-16-17(12-19(18)33-2)23-13-28(21(16)31)9-5-8-20(30)24-14-6-4-7-15(10-14)29-22(34-3)25-26-27-29/h4,6-7,10-13H,5,8-9H2,1-3H3,(H,24,30). The number of hydrogen-bond acceptors (Lipinski definition) is 9. The van der Waals surface area contributed by atoms with Gasteiger partial charge < -0.3 is 14.8 Å². The molecule has 1 amide bonds. The van der Waals surface area contributed by atoms with E-state index in [4.69, 9.17) is 9.47 Å². The number of carbonyl (C=O) groups excluding carboxylic acids is 1. The molecule has 0 aliphatic rings. The van der Waals surface area contributed by atoms with Crippen LogP contribution in [0.25, 0.3) is 16.6 Å². The predicted molar refractivity (Wildman–Crippen MR) is 128 cm³/mol. The number of rotatable bonds is 9. The Morgan fingerprint density at radius 1 is 1.15 bits per heavy atom. The van der Waals surface area contributed by atoms with Crippen molar-refractivity contribution in [2.45, 2.75) is 24.5 Å². The van der Waals surface area contributed by atoms with Crippen LogP contribution in [0.4, 0.5) is 5.69 Å². The Morgan fingerprint density at radius 3 is 2.71 bits per heavy atom. The lowest BCUT2D eigenvalue weighted by molar-refractivity contribution is -0.116. The highest BCUT2D eigenvalue weighted by Crippen LogP contribution is 2.29. The van der Waals surface area contributed by atoms with E-state index in [1.54, 1.807) is 28.9 Å². The highest BCUT2D eigenvalue weighted by molar-refractivity contribution is 7.98. The van der Waals surface area contributed by atoms with Gasteiger partial charge >= 0.3 is 0 Å². The first-order valence-electron chi connectivity index (χ1n) is 10.4. The van der Waals surface area contributed by atoms with E-state index in [0.717, 1.165) is 5.69 Å². The summed E-state index contributed by atoms with van der Waals surface area (Å²) in [6.45, 7) is 0.352. The average molecular weight is 482 g/mol. The van der Waals surface area contributed by atoms with Crippen molar-refractivity contribution < 1.29 is 14.3 Å². The summed E-state index contributed by atoms with van der Waals surface area (Å²) in [5, 5.41) is 15.6. The van der Waals surface area contributed by atoms with Crippen LogP contribution in [0.2, 0.25) is 0 Å². The van der Waals surface area contributed by atoms with Crippen LogP contribution >= 0.6 is 11.8 Å². The second-order valence-electron chi connectivity index (χ2n) is 7.25. The van der Waals surface area contributed by atoms with E-state index in [0.29, 0.717) is 46.2 Å². The van der Waals surface area contributed by atoms with Crippen LogP contribution in [0.15, 0.2) is 52.7 Å². The third kappa shape index (κ3) is 4.86. The summed E-state index contributed by atoms with van der Waals surface area (Å²) in [5.41, 5.74) is 1.69. The van der Waals surface area contributed by atoms with Crippen molar-refractivity contribution in [2.75, 3.05) is 25.8 Å². The summed E-state index contributed by atoms with van der Waals surface area (Å²) in [4.78, 5) is 29.7. The van der Waals surface area contributed by atoms with E-state index in [1.807, 2.05) is 18.4 Å². The molecule has 0 unspecified atom stereocenters. The fraction of sp³-hybridized carbons (Fsp3) is 0.273. The minimum Gasteiger partial charge on any atom is -0.493 e. The van der Waals surface area contributed by atoms with Crippen molar-refractivity contribution in [3.8, 4) is 17.2 Å². The largest absolute Gasteiger partial charge is 0.493 e. The number of nitrogens with one attached hydrogen (secondary N) is 1. The molecule has 2 heterocycles. The molecule has 4 rings (SSSR count). The summed E-state index contributed by atoms with van der Waals surface area (Å²) in [5.74, 6) is 0.803. The van der Waals surface area contributed by atoms with Gasteiger partial charge in [-0.15, -0.1) is 5.10 Å². The molecule has 0 spiro atoms. The molecule has 4 aromatic rings. The molecular formula is C22H23N7O4S. The highest BCUT2D eigenvalue weighted by atomic mass is 32.2. The van der Waals surface area contributed by atoms with Crippen LogP contribution in [0.3, 0.4) is 0 Å². The summed E-state index contributed by atoms with van der Waals surface area (Å²) >= 11 is 1.42. The lowest BCUT2D eigenvalue weighted by Gasteiger charge is -2.11. The Balaban J connectivity index is 1.40. The van der Waals surface area contributed by atoms with Crippen molar-refractivity contribution >= 4 is 34.3 Å². The molecular weight excluding hydrogens is 458 g/mol. The molecule has 176 valence electrons. The number of tetrazole rings is 1. The number of anilines is 1. The number of amides is 1. The second kappa shape index (κ2) is 10.3. The SMILES string of the molecule is COc1cc2ncn(CCCC(=O)Nc3cccc(-n4nnnc4SC)c3)c(=O)c2cc1OC. The minimum atomic E-state index is -0.204. The summed E-state index contributed by atoms with van der Waals surface area (Å²) < 4.78 is 13.6. The smallest absolute Gasteiger partial charge is 0.261 e. The van der Waals surface area contributed by atoms with E-state index in [2.05, 4.69) is 25.8 Å². The maximum Gasteiger partial charge on any atom is 0.261 e. The first kappa shape index (κ1) is 23.2. The van der Waals surface area contributed by atoms with Gasteiger partial charge in [0.2, 0.25) is 11.1 Å². The molecule has 34 heavy (non-hydrogen) atoms. The van der Waals surface area contributed by atoms with E-state index >= 15 is 0 Å². The number of fused-ring (bicyclic) bond motifs is 1. The van der Waals surface area contributed by atoms with Crippen LogP contribution in [0, 0.1) is 0 Å². The number of methoxy groups -OCH3 is 2. The Bertz CT molecular complexity index is 1390. The lowest BCUT2D eigenvalue weighted by atomic mass is 10.2. The van der Waals surface area contributed by atoms with E-state index < -0.39 is 0 Å². The number of nitrogens with zero attached hydrogens (tertiary/aromatic N) is 6. The number of thioether (sulfide) groups is 1. The van der Waals surface area contributed by atoms with Gasteiger partial charge in [-0.05, 0) is 47.4 Å². The van der Waals surface area contributed by atoms with E-state index in [-0.39, 0.29) is 17.9 Å². The summed E-state index contributed by atoms with van der Waals surface area (Å²) in [6.07, 6.45) is 4.07. The fourth-order valence-corrected chi connectivity index (χ4v) is 3.89. The van der Waals surface area contributed by atoms with Gasteiger partial charge in [-0.25, -0.2) is 4.98 Å². The third-order valence-electron chi connectivity index (χ3n) is 5.13. The number of aromatic nitrogens is 6. The lowest BCUT2D eigenvalue weighted by Crippen LogP contribution is -2.22. The van der Waals surface area contributed by atoms with Gasteiger partial charge in [-0.3, -0.25) is 14.2 Å². The van der Waals surface area contributed by atoms with Gasteiger partial charge in [0.15, 0.2) is 11.5 Å². The predicted octanol–water partition coefficient (Wildman–Crippen LogP) is 2.53. The van der Waals surface area contributed by atoms with Crippen LogP contribution in [0.1, 0.15) is 12.8 Å². The molecule has 11 nitrogen and oxygen atoms in total. The normalized spacial score (nSPS) is 10.9. The number of carbonyl (C=O) groups is 1. The van der Waals surface area contributed by atoms with Crippen molar-refractivity contribution in [3.63, 3.8) is 0 Å². The molecule has 0 saturated carbocycles. The Morgan fingerprint density at radius 2 is 1.94 bits per heavy atom. The van der Waals surface area contributed by atoms with Crippen LogP contribution in [0.5, 0.6) is 11.5 Å². The first-order chi connectivity index (χ1) is 16.5. The van der Waals surface area contributed by atoms with Gasteiger partial charge in [-0.2, -0.15) is 4.68 Å². The Kier molecular flexibility index (Phi) is 7.07. The maximum atomic E-state index is 12.9. The molecule has 0 aliphatic heterocycles. The number of hydrogen-bond donors (Lipinski definition) is 1. The number of benzene rings is 2. The molecule has 1 N–H and O–H groups in total. The molecule has 2 aromatic heterocycles. The van der Waals surface area contributed by atoms with Gasteiger partial charge in [0.25, 0.3) is 5.56 Å². The maximum absolute atomic E-state index is 12.9. The van der Waals surface area contributed by atoms with Gasteiger partial charge in [0.1, 0.15) is 0 Å². The van der Waals surface area contributed by atoms with E-state index in [1.165, 1.54) is 36.9 Å². The van der Waals surface area contributed by atoms with Gasteiger partial charge in [-0.1, -0.05) is 17.8 Å². The molecule has 0 fully saturated rings. The monoisotopic (exact) mass is 481 g/mol. The third-order valence-corrected chi connectivity index (χ3v) is 5.75. The Labute approximate surface area is 199 Å². The van der Waals surface area contributed by atoms with Crippen LogP contribution in [-0.4, -0.2) is 56.1 Å². The van der Waals surface area contributed by atoms with Crippen molar-refractivity contribution in [1.82, 2.24) is 29.8 Å². The average Bonchev–Trinajstić information content (AvgIpc) is 3.34. The zero-order chi connectivity index (χ0) is 24.1. The van der Waals surface area contributed by atoms with Crippen LogP contribution < -0.4 is 20.3 Å². The first-order valence-corrected chi connectivity index (χ1v) is 11.6. The fourth-order valence-electron chi connectivity index (χ4n) is 3.46. The van der Waals surface area contributed by atoms with Gasteiger partial charge in [0.05, 0.1) is 37.1 Å². The van der Waals surface area contributed by atoms with E-state index in [9.17, 15) is 9.59 Å².